The molecule has 2 aliphatic rings. The van der Waals surface area contributed by atoms with Crippen molar-refractivity contribution in [2.24, 2.45) is 0 Å². The molecule has 1 aliphatic heterocycles. The van der Waals surface area contributed by atoms with Crippen molar-refractivity contribution in [3.05, 3.63) is 82.6 Å². The van der Waals surface area contributed by atoms with Crippen molar-refractivity contribution in [2.75, 3.05) is 13.1 Å². The Morgan fingerprint density at radius 2 is 1.86 bits per heavy atom. The third kappa shape index (κ3) is 4.83. The van der Waals surface area contributed by atoms with Crippen LogP contribution in [0.3, 0.4) is 0 Å². The zero-order chi connectivity index (χ0) is 24.5. The molecule has 0 unspecified atom stereocenters. The van der Waals surface area contributed by atoms with Crippen LogP contribution in [0.25, 0.3) is 16.5 Å². The summed E-state index contributed by atoms with van der Waals surface area (Å²) in [6.07, 6.45) is 7.58. The van der Waals surface area contributed by atoms with Crippen molar-refractivity contribution in [1.29, 1.82) is 0 Å². The maximum absolute atomic E-state index is 13.4. The van der Waals surface area contributed by atoms with E-state index >= 15 is 0 Å². The van der Waals surface area contributed by atoms with E-state index in [-0.39, 0.29) is 11.9 Å². The van der Waals surface area contributed by atoms with E-state index in [1.165, 1.54) is 5.56 Å². The summed E-state index contributed by atoms with van der Waals surface area (Å²) >= 11 is 1.66. The van der Waals surface area contributed by atoms with E-state index in [1.807, 2.05) is 19.2 Å². The Morgan fingerprint density at radius 1 is 1.06 bits per heavy atom. The van der Waals surface area contributed by atoms with Crippen molar-refractivity contribution in [2.45, 2.75) is 51.1 Å². The fourth-order valence-corrected chi connectivity index (χ4v) is 5.76. The van der Waals surface area contributed by atoms with E-state index in [0.717, 1.165) is 67.1 Å². The van der Waals surface area contributed by atoms with Gasteiger partial charge in [0.05, 0.1) is 28.0 Å². The predicted molar refractivity (Wildman–Crippen MR) is 141 cm³/mol. The monoisotopic (exact) mass is 498 g/mol. The van der Waals surface area contributed by atoms with Gasteiger partial charge in [0.15, 0.2) is 0 Å². The molecule has 7 nitrogen and oxygen atoms in total. The van der Waals surface area contributed by atoms with Gasteiger partial charge in [0.25, 0.3) is 11.9 Å². The van der Waals surface area contributed by atoms with Gasteiger partial charge in [0.2, 0.25) is 0 Å². The highest BCUT2D eigenvalue weighted by atomic mass is 32.1. The molecule has 1 saturated carbocycles. The third-order valence-corrected chi connectivity index (χ3v) is 7.97. The Balaban J connectivity index is 1.17. The molecule has 3 aromatic heterocycles. The number of rotatable bonds is 7. The van der Waals surface area contributed by atoms with E-state index in [4.69, 9.17) is 4.98 Å². The minimum Gasteiger partial charge on any atom is -0.349 e. The maximum atomic E-state index is 13.4. The van der Waals surface area contributed by atoms with Gasteiger partial charge >= 0.3 is 0 Å². The van der Waals surface area contributed by atoms with Crippen LogP contribution < -0.4 is 5.32 Å². The van der Waals surface area contributed by atoms with Gasteiger partial charge in [-0.1, -0.05) is 36.4 Å². The van der Waals surface area contributed by atoms with Crippen LogP contribution in [-0.4, -0.2) is 49.7 Å². The Bertz CT molecular complexity index is 1340. The second kappa shape index (κ2) is 9.95. The zero-order valence-electron chi connectivity index (χ0n) is 20.4. The number of carbonyl (C=O) groups is 1. The molecule has 1 aliphatic carbocycles. The second-order valence-electron chi connectivity index (χ2n) is 9.82. The number of amides is 1. The van der Waals surface area contributed by atoms with E-state index in [9.17, 15) is 4.79 Å². The molecule has 184 valence electrons. The Kier molecular flexibility index (Phi) is 6.37. The molecule has 6 rings (SSSR count). The van der Waals surface area contributed by atoms with Crippen LogP contribution in [0.1, 0.15) is 58.8 Å². The van der Waals surface area contributed by atoms with Crippen LogP contribution in [-0.2, 0) is 6.54 Å². The number of likely N-dealkylation sites (tertiary alicyclic amines) is 1. The number of hydrogen-bond donors (Lipinski definition) is 1. The van der Waals surface area contributed by atoms with Gasteiger partial charge in [-0.25, -0.2) is 14.6 Å². The SMILES string of the molecule is Cc1cnc(-n2ncc(C(=O)NC3CCN(Cc4ccccc4)CC3)c2C2CC2)nc1-c1cccs1. The second-order valence-corrected chi connectivity index (χ2v) is 10.8. The van der Waals surface area contributed by atoms with Crippen LogP contribution >= 0.6 is 11.3 Å². The summed E-state index contributed by atoms with van der Waals surface area (Å²) in [5.74, 6) is 0.825. The van der Waals surface area contributed by atoms with E-state index < -0.39 is 0 Å². The molecular weight excluding hydrogens is 468 g/mol. The minimum atomic E-state index is -0.0322. The normalized spacial score (nSPS) is 16.8. The molecule has 0 radical (unpaired) electrons. The van der Waals surface area contributed by atoms with Gasteiger partial charge in [-0.15, -0.1) is 11.3 Å². The standard InChI is InChI=1S/C28H30N6OS/c1-19-16-29-28(32-25(19)24-8-5-15-36-24)34-26(21-9-10-21)23(17-30-34)27(35)31-22-11-13-33(14-12-22)18-20-6-3-2-4-7-20/h2-8,15-17,21-22H,9-14,18H2,1H3,(H,31,35). The number of aromatic nitrogens is 4. The lowest BCUT2D eigenvalue weighted by Crippen LogP contribution is -2.44. The van der Waals surface area contributed by atoms with E-state index in [0.29, 0.717) is 17.4 Å². The molecule has 8 heteroatoms. The average Bonchev–Trinajstić information content (AvgIpc) is 3.40. The highest BCUT2D eigenvalue weighted by Gasteiger charge is 2.34. The summed E-state index contributed by atoms with van der Waals surface area (Å²) in [4.78, 5) is 26.4. The molecule has 0 atom stereocenters. The zero-order valence-corrected chi connectivity index (χ0v) is 21.2. The Hall–Kier alpha value is -3.36. The molecule has 1 aromatic carbocycles. The highest BCUT2D eigenvalue weighted by molar-refractivity contribution is 7.13. The molecule has 1 saturated heterocycles. The highest BCUT2D eigenvalue weighted by Crippen LogP contribution is 2.42. The van der Waals surface area contributed by atoms with Gasteiger partial charge in [-0.05, 0) is 55.2 Å². The van der Waals surface area contributed by atoms with Crippen LogP contribution in [0.5, 0.6) is 0 Å². The smallest absolute Gasteiger partial charge is 0.255 e. The van der Waals surface area contributed by atoms with Crippen LogP contribution in [0.15, 0.2) is 60.2 Å². The Labute approximate surface area is 215 Å². The van der Waals surface area contributed by atoms with Crippen molar-refractivity contribution in [3.8, 4) is 16.5 Å². The number of piperidine rings is 1. The average molecular weight is 499 g/mol. The van der Waals surface area contributed by atoms with Gasteiger partial charge in [-0.2, -0.15) is 5.10 Å². The lowest BCUT2D eigenvalue weighted by atomic mass is 10.0. The van der Waals surface area contributed by atoms with Crippen LogP contribution in [0.4, 0.5) is 0 Å². The molecule has 4 heterocycles. The van der Waals surface area contributed by atoms with Crippen molar-refractivity contribution >= 4 is 17.2 Å². The number of aryl methyl sites for hydroxylation is 1. The third-order valence-electron chi connectivity index (χ3n) is 7.09. The Morgan fingerprint density at radius 3 is 2.58 bits per heavy atom. The van der Waals surface area contributed by atoms with Crippen LogP contribution in [0, 0.1) is 6.92 Å². The number of benzene rings is 1. The molecule has 4 aromatic rings. The number of carbonyl (C=O) groups excluding carboxylic acids is 1. The lowest BCUT2D eigenvalue weighted by molar-refractivity contribution is 0.0908. The maximum Gasteiger partial charge on any atom is 0.255 e. The molecular formula is C28H30N6OS. The first-order valence-corrected chi connectivity index (χ1v) is 13.6. The van der Waals surface area contributed by atoms with Gasteiger partial charge in [-0.3, -0.25) is 9.69 Å². The quantitative estimate of drug-likeness (QED) is 0.389. The fourth-order valence-electron chi connectivity index (χ4n) is 4.98. The molecule has 0 bridgehead atoms. The van der Waals surface area contributed by atoms with Crippen molar-refractivity contribution in [1.82, 2.24) is 30.0 Å². The fraction of sp³-hybridized carbons (Fsp3) is 0.357. The minimum absolute atomic E-state index is 0.0322. The first kappa shape index (κ1) is 23.1. The molecule has 36 heavy (non-hydrogen) atoms. The number of nitrogens with zero attached hydrogens (tertiary/aromatic N) is 5. The summed E-state index contributed by atoms with van der Waals surface area (Å²) < 4.78 is 1.78. The number of hydrogen-bond acceptors (Lipinski definition) is 6. The number of thiophene rings is 1. The summed E-state index contributed by atoms with van der Waals surface area (Å²) in [5.41, 5.74) is 4.88. The number of nitrogens with one attached hydrogen (secondary N) is 1. The summed E-state index contributed by atoms with van der Waals surface area (Å²) in [7, 11) is 0. The van der Waals surface area contributed by atoms with Gasteiger partial charge in [0, 0.05) is 37.8 Å². The van der Waals surface area contributed by atoms with Crippen LogP contribution in [0.2, 0.25) is 0 Å². The topological polar surface area (TPSA) is 75.9 Å². The molecule has 2 fully saturated rings. The first-order valence-electron chi connectivity index (χ1n) is 12.7. The van der Waals surface area contributed by atoms with Crippen molar-refractivity contribution < 1.29 is 4.79 Å². The summed E-state index contributed by atoms with van der Waals surface area (Å²) in [5, 5.41) is 9.94. The van der Waals surface area contributed by atoms with Gasteiger partial charge in [0.1, 0.15) is 0 Å². The lowest BCUT2D eigenvalue weighted by Gasteiger charge is -2.32. The first-order chi connectivity index (χ1) is 17.7. The summed E-state index contributed by atoms with van der Waals surface area (Å²) in [6.45, 7) is 4.95. The molecule has 0 spiro atoms. The largest absolute Gasteiger partial charge is 0.349 e. The van der Waals surface area contributed by atoms with Gasteiger partial charge < -0.3 is 5.32 Å². The predicted octanol–water partition coefficient (Wildman–Crippen LogP) is 4.97. The summed E-state index contributed by atoms with van der Waals surface area (Å²) in [6, 6.07) is 14.9. The molecule has 1 N–H and O–H groups in total. The van der Waals surface area contributed by atoms with E-state index in [2.05, 4.69) is 62.1 Å². The van der Waals surface area contributed by atoms with E-state index in [1.54, 1.807) is 22.2 Å². The molecule has 1 amide bonds. The van der Waals surface area contributed by atoms with Crippen molar-refractivity contribution in [3.63, 3.8) is 0 Å².